The van der Waals surface area contributed by atoms with E-state index in [-0.39, 0.29) is 21.6 Å². The quantitative estimate of drug-likeness (QED) is 0.364. The molecule has 4 aromatic rings. The number of alkyl halides is 3. The smallest absolute Gasteiger partial charge is 0.429 e. The number of fused-ring (bicyclic) bond motifs is 1. The first-order valence-electron chi connectivity index (χ1n) is 9.76. The number of sulfonamides is 1. The third-order valence-electron chi connectivity index (χ3n) is 4.61. The summed E-state index contributed by atoms with van der Waals surface area (Å²) < 4.78 is 74.7. The van der Waals surface area contributed by atoms with Crippen LogP contribution < -0.4 is 9.46 Å². The summed E-state index contributed by atoms with van der Waals surface area (Å²) in [5.74, 6) is -1.65. The van der Waals surface area contributed by atoms with Crippen LogP contribution in [0.5, 0.6) is 5.88 Å². The molecule has 2 aromatic carbocycles. The van der Waals surface area contributed by atoms with E-state index < -0.39 is 39.8 Å². The average Bonchev–Trinajstić information content (AvgIpc) is 2.78. The Morgan fingerprint density at radius 2 is 1.65 bits per heavy atom. The summed E-state index contributed by atoms with van der Waals surface area (Å²) >= 11 is 6.05. The lowest BCUT2D eigenvalue weighted by Gasteiger charge is -2.22. The molecule has 0 fully saturated rings. The second-order valence-corrected chi connectivity index (χ2v) is 9.27. The van der Waals surface area contributed by atoms with Crippen LogP contribution in [-0.2, 0) is 15.8 Å². The van der Waals surface area contributed by atoms with Gasteiger partial charge >= 0.3 is 6.18 Å². The average molecular weight is 509 g/mol. The highest BCUT2D eigenvalue weighted by molar-refractivity contribution is 7.91. The Morgan fingerprint density at radius 1 is 0.971 bits per heavy atom. The van der Waals surface area contributed by atoms with Gasteiger partial charge in [-0.15, -0.1) is 0 Å². The van der Waals surface area contributed by atoms with Gasteiger partial charge in [0.1, 0.15) is 0 Å². The number of halogens is 4. The Labute approximate surface area is 197 Å². The minimum atomic E-state index is -4.84. The largest absolute Gasteiger partial charge is 0.457 e. The number of ether oxygens (including phenoxy) is 1. The summed E-state index contributed by atoms with van der Waals surface area (Å²) in [5, 5.41) is 0.225. The van der Waals surface area contributed by atoms with E-state index >= 15 is 0 Å². The number of pyridine rings is 1. The van der Waals surface area contributed by atoms with Crippen LogP contribution in [0.25, 0.3) is 11.0 Å². The van der Waals surface area contributed by atoms with E-state index in [9.17, 15) is 21.6 Å². The lowest BCUT2D eigenvalue weighted by molar-refractivity contribution is -0.198. The molecule has 0 aliphatic carbocycles. The summed E-state index contributed by atoms with van der Waals surface area (Å²) in [7, 11) is -4.15. The molecule has 0 spiro atoms. The van der Waals surface area contributed by atoms with Crippen molar-refractivity contribution in [3.63, 3.8) is 0 Å². The van der Waals surface area contributed by atoms with E-state index in [1.807, 2.05) is 0 Å². The number of aromatic nitrogens is 3. The summed E-state index contributed by atoms with van der Waals surface area (Å²) in [6.07, 6.45) is -4.97. The van der Waals surface area contributed by atoms with Gasteiger partial charge in [0.05, 0.1) is 16.8 Å². The number of hydrogen-bond donors (Lipinski definition) is 1. The number of anilines is 1. The van der Waals surface area contributed by atoms with Crippen LogP contribution in [0, 0.1) is 0 Å². The number of nitrogens with zero attached hydrogens (tertiary/aromatic N) is 3. The highest BCUT2D eigenvalue weighted by Gasteiger charge is 2.44. The molecule has 1 atom stereocenters. The second-order valence-electron chi connectivity index (χ2n) is 7.14. The topological polar surface area (TPSA) is 94.1 Å². The number of rotatable bonds is 7. The first-order chi connectivity index (χ1) is 16.1. The molecule has 0 bridgehead atoms. The lowest BCUT2D eigenvalue weighted by atomic mass is 10.1. The highest BCUT2D eigenvalue weighted by Crippen LogP contribution is 2.38. The lowest BCUT2D eigenvalue weighted by Crippen LogP contribution is -2.27. The van der Waals surface area contributed by atoms with Gasteiger partial charge in [-0.3, -0.25) is 9.71 Å². The molecule has 0 saturated heterocycles. The summed E-state index contributed by atoms with van der Waals surface area (Å²) in [4.78, 5) is 12.0. The standard InChI is InChI=1S/C22H16ClF3N4O3S/c23-16-8-2-1-6-15(16)13-34(31,32)30-20-21(29-18-10-4-3-9-17(18)28-20)33-19(22(24,25)26)14-7-5-11-27-12-14/h1-12,19H,13H2,(H,28,30). The summed E-state index contributed by atoms with van der Waals surface area (Å²) in [6.45, 7) is 0. The van der Waals surface area contributed by atoms with Crippen molar-refractivity contribution in [1.29, 1.82) is 0 Å². The Kier molecular flexibility index (Phi) is 6.58. The molecule has 0 aliphatic rings. The molecule has 34 heavy (non-hydrogen) atoms. The van der Waals surface area contributed by atoms with Gasteiger partial charge in [-0.05, 0) is 29.8 Å². The highest BCUT2D eigenvalue weighted by atomic mass is 35.5. The van der Waals surface area contributed by atoms with Crippen LogP contribution in [0.1, 0.15) is 17.2 Å². The molecule has 0 amide bonds. The van der Waals surface area contributed by atoms with Crippen LogP contribution in [-0.4, -0.2) is 29.5 Å². The van der Waals surface area contributed by atoms with Crippen LogP contribution in [0.15, 0.2) is 73.1 Å². The Bertz CT molecular complexity index is 1420. The third kappa shape index (κ3) is 5.54. The number of hydrogen-bond acceptors (Lipinski definition) is 6. The normalized spacial score (nSPS) is 12.9. The molecule has 0 aliphatic heterocycles. The Balaban J connectivity index is 1.75. The second kappa shape index (κ2) is 9.43. The van der Waals surface area contributed by atoms with E-state index in [1.165, 1.54) is 36.5 Å². The minimum absolute atomic E-state index is 0.221. The van der Waals surface area contributed by atoms with Crippen molar-refractivity contribution in [2.45, 2.75) is 18.0 Å². The first kappa shape index (κ1) is 23.7. The molecule has 0 saturated carbocycles. The van der Waals surface area contributed by atoms with Crippen LogP contribution in [0.3, 0.4) is 0 Å². The van der Waals surface area contributed by atoms with Crippen molar-refractivity contribution >= 4 is 38.5 Å². The number of para-hydroxylation sites is 2. The van der Waals surface area contributed by atoms with E-state index in [2.05, 4.69) is 19.7 Å². The van der Waals surface area contributed by atoms with Gasteiger partial charge in [0, 0.05) is 23.0 Å². The molecule has 7 nitrogen and oxygen atoms in total. The van der Waals surface area contributed by atoms with Gasteiger partial charge in [0.25, 0.3) is 5.88 Å². The van der Waals surface area contributed by atoms with Gasteiger partial charge < -0.3 is 4.74 Å². The molecule has 12 heteroatoms. The van der Waals surface area contributed by atoms with Gasteiger partial charge in [-0.1, -0.05) is 48.0 Å². The van der Waals surface area contributed by atoms with Crippen molar-refractivity contribution < 1.29 is 26.3 Å². The Morgan fingerprint density at radius 3 is 2.29 bits per heavy atom. The maximum Gasteiger partial charge on any atom is 0.429 e. The molecule has 2 heterocycles. The fourth-order valence-electron chi connectivity index (χ4n) is 3.10. The molecule has 1 unspecified atom stereocenters. The van der Waals surface area contributed by atoms with Crippen molar-refractivity contribution in [2.24, 2.45) is 0 Å². The zero-order chi connectivity index (χ0) is 24.3. The maximum absolute atomic E-state index is 13.9. The molecule has 4 rings (SSSR count). The Hall–Kier alpha value is -3.44. The molecule has 1 N–H and O–H groups in total. The van der Waals surface area contributed by atoms with Crippen LogP contribution >= 0.6 is 11.6 Å². The predicted octanol–water partition coefficient (Wildman–Crippen LogP) is 5.30. The molecular weight excluding hydrogens is 493 g/mol. The molecule has 0 radical (unpaired) electrons. The van der Waals surface area contributed by atoms with Gasteiger partial charge in [-0.2, -0.15) is 13.2 Å². The van der Waals surface area contributed by atoms with Gasteiger partial charge in [0.2, 0.25) is 21.9 Å². The minimum Gasteiger partial charge on any atom is -0.457 e. The maximum atomic E-state index is 13.9. The monoisotopic (exact) mass is 508 g/mol. The zero-order valence-electron chi connectivity index (χ0n) is 17.2. The molecule has 176 valence electrons. The van der Waals surface area contributed by atoms with E-state index in [0.29, 0.717) is 5.56 Å². The predicted molar refractivity (Wildman–Crippen MR) is 121 cm³/mol. The fraction of sp³-hybridized carbons (Fsp3) is 0.136. The summed E-state index contributed by atoms with van der Waals surface area (Å²) in [6, 6.07) is 15.1. The fourth-order valence-corrected chi connectivity index (χ4v) is 4.55. The van der Waals surface area contributed by atoms with Crippen molar-refractivity contribution in [2.75, 3.05) is 4.72 Å². The van der Waals surface area contributed by atoms with Gasteiger partial charge in [-0.25, -0.2) is 18.4 Å². The summed E-state index contributed by atoms with van der Waals surface area (Å²) in [5.41, 5.74) is 0.500. The van der Waals surface area contributed by atoms with Crippen molar-refractivity contribution in [3.05, 3.63) is 89.2 Å². The van der Waals surface area contributed by atoms with Crippen LogP contribution in [0.2, 0.25) is 5.02 Å². The van der Waals surface area contributed by atoms with Gasteiger partial charge in [0.15, 0.2) is 0 Å². The zero-order valence-corrected chi connectivity index (χ0v) is 18.8. The third-order valence-corrected chi connectivity index (χ3v) is 6.17. The number of benzene rings is 2. The SMILES string of the molecule is O=S(=O)(Cc1ccccc1Cl)Nc1nc2ccccc2nc1OC(c1cccnc1)C(F)(F)F. The molecular formula is C22H16ClF3N4O3S. The van der Waals surface area contributed by atoms with Crippen LogP contribution in [0.4, 0.5) is 19.0 Å². The molecule has 2 aromatic heterocycles. The number of nitrogens with one attached hydrogen (secondary N) is 1. The van der Waals surface area contributed by atoms with E-state index in [1.54, 1.807) is 30.3 Å². The van der Waals surface area contributed by atoms with Crippen molar-refractivity contribution in [3.8, 4) is 5.88 Å². The van der Waals surface area contributed by atoms with E-state index in [0.717, 1.165) is 6.20 Å². The first-order valence-corrected chi connectivity index (χ1v) is 11.8. The van der Waals surface area contributed by atoms with E-state index in [4.69, 9.17) is 16.3 Å². The van der Waals surface area contributed by atoms with Crippen molar-refractivity contribution in [1.82, 2.24) is 15.0 Å².